The van der Waals surface area contributed by atoms with E-state index in [2.05, 4.69) is 5.32 Å². The molecule has 22 heavy (non-hydrogen) atoms. The lowest BCUT2D eigenvalue weighted by Gasteiger charge is -2.05. The van der Waals surface area contributed by atoms with E-state index in [1.54, 1.807) is 43.5 Å². The summed E-state index contributed by atoms with van der Waals surface area (Å²) in [6.07, 6.45) is 1.55. The van der Waals surface area contributed by atoms with Gasteiger partial charge in [0.15, 0.2) is 0 Å². The highest BCUT2D eigenvalue weighted by Crippen LogP contribution is 2.15. The molecule has 0 spiro atoms. The van der Waals surface area contributed by atoms with Gasteiger partial charge in [-0.2, -0.15) is 5.26 Å². The summed E-state index contributed by atoms with van der Waals surface area (Å²) in [5.74, 6) is 0.295. The summed E-state index contributed by atoms with van der Waals surface area (Å²) in [6.45, 7) is 1.94. The van der Waals surface area contributed by atoms with Gasteiger partial charge in [0, 0.05) is 5.69 Å². The minimum Gasteiger partial charge on any atom is -0.497 e. The molecule has 0 saturated heterocycles. The molecule has 2 rings (SSSR count). The Bertz CT molecular complexity index is 740. The monoisotopic (exact) mass is 292 g/mol. The van der Waals surface area contributed by atoms with Gasteiger partial charge in [0.05, 0.1) is 7.11 Å². The summed E-state index contributed by atoms with van der Waals surface area (Å²) in [7, 11) is 1.58. The van der Waals surface area contributed by atoms with Crippen molar-refractivity contribution in [2.75, 3.05) is 12.4 Å². The van der Waals surface area contributed by atoms with E-state index in [0.29, 0.717) is 5.69 Å². The molecule has 0 unspecified atom stereocenters. The third-order valence-electron chi connectivity index (χ3n) is 3.07. The van der Waals surface area contributed by atoms with E-state index >= 15 is 0 Å². The first kappa shape index (κ1) is 15.3. The van der Waals surface area contributed by atoms with E-state index in [1.165, 1.54) is 0 Å². The maximum atomic E-state index is 12.2. The Morgan fingerprint density at radius 2 is 1.95 bits per heavy atom. The zero-order chi connectivity index (χ0) is 15.9. The van der Waals surface area contributed by atoms with E-state index < -0.39 is 5.91 Å². The van der Waals surface area contributed by atoms with Crippen molar-refractivity contribution in [2.45, 2.75) is 6.92 Å². The number of methoxy groups -OCH3 is 1. The van der Waals surface area contributed by atoms with Crippen LogP contribution in [-0.4, -0.2) is 13.0 Å². The van der Waals surface area contributed by atoms with Gasteiger partial charge in [-0.05, 0) is 48.4 Å². The van der Waals surface area contributed by atoms with Gasteiger partial charge in [0.25, 0.3) is 5.91 Å². The second-order valence-electron chi connectivity index (χ2n) is 4.77. The van der Waals surface area contributed by atoms with Crippen LogP contribution in [-0.2, 0) is 4.79 Å². The normalized spacial score (nSPS) is 10.7. The van der Waals surface area contributed by atoms with Gasteiger partial charge in [-0.3, -0.25) is 4.79 Å². The number of amides is 1. The molecule has 0 saturated carbocycles. The molecule has 0 aliphatic rings. The first-order chi connectivity index (χ1) is 10.6. The molecule has 0 aromatic heterocycles. The second kappa shape index (κ2) is 7.09. The van der Waals surface area contributed by atoms with Crippen LogP contribution in [0.25, 0.3) is 6.08 Å². The standard InChI is InChI=1S/C18H16N2O2/c1-13-4-3-5-16(10-13)20-18(21)15(12-19)11-14-6-8-17(22-2)9-7-14/h3-11H,1-2H3,(H,20,21)/b15-11-. The summed E-state index contributed by atoms with van der Waals surface area (Å²) in [4.78, 5) is 12.2. The number of nitriles is 1. The summed E-state index contributed by atoms with van der Waals surface area (Å²) < 4.78 is 5.07. The summed E-state index contributed by atoms with van der Waals surface area (Å²) >= 11 is 0. The summed E-state index contributed by atoms with van der Waals surface area (Å²) in [5.41, 5.74) is 2.51. The van der Waals surface area contributed by atoms with Crippen molar-refractivity contribution < 1.29 is 9.53 Å². The third-order valence-corrected chi connectivity index (χ3v) is 3.07. The number of carbonyl (C=O) groups is 1. The number of rotatable bonds is 4. The fraction of sp³-hybridized carbons (Fsp3) is 0.111. The predicted octanol–water partition coefficient (Wildman–Crippen LogP) is 3.55. The fourth-order valence-corrected chi connectivity index (χ4v) is 1.94. The molecule has 0 radical (unpaired) electrons. The quantitative estimate of drug-likeness (QED) is 0.692. The van der Waals surface area contributed by atoms with Gasteiger partial charge in [-0.25, -0.2) is 0 Å². The van der Waals surface area contributed by atoms with E-state index in [-0.39, 0.29) is 5.57 Å². The molecule has 110 valence electrons. The molecule has 4 nitrogen and oxygen atoms in total. The number of aryl methyl sites for hydroxylation is 1. The molecule has 0 atom stereocenters. The van der Waals surface area contributed by atoms with Crippen molar-refractivity contribution in [3.8, 4) is 11.8 Å². The average Bonchev–Trinajstić information content (AvgIpc) is 2.53. The maximum absolute atomic E-state index is 12.2. The zero-order valence-electron chi connectivity index (χ0n) is 12.5. The fourth-order valence-electron chi connectivity index (χ4n) is 1.94. The van der Waals surface area contributed by atoms with Crippen LogP contribution in [0, 0.1) is 18.3 Å². The molecule has 2 aromatic rings. The molecule has 4 heteroatoms. The van der Waals surface area contributed by atoms with Gasteiger partial charge < -0.3 is 10.1 Å². The molecule has 0 aliphatic carbocycles. The van der Waals surface area contributed by atoms with Crippen molar-refractivity contribution in [2.24, 2.45) is 0 Å². The molecule has 0 heterocycles. The maximum Gasteiger partial charge on any atom is 0.266 e. The van der Waals surface area contributed by atoms with E-state index in [9.17, 15) is 10.1 Å². The lowest BCUT2D eigenvalue weighted by atomic mass is 10.1. The molecular weight excluding hydrogens is 276 g/mol. The van der Waals surface area contributed by atoms with Crippen LogP contribution >= 0.6 is 0 Å². The summed E-state index contributed by atoms with van der Waals surface area (Å²) in [5, 5.41) is 11.9. The summed E-state index contributed by atoms with van der Waals surface area (Å²) in [6, 6.07) is 16.5. The molecular formula is C18H16N2O2. The van der Waals surface area contributed by atoms with Gasteiger partial charge in [-0.15, -0.1) is 0 Å². The van der Waals surface area contributed by atoms with Gasteiger partial charge >= 0.3 is 0 Å². The minimum absolute atomic E-state index is 0.0478. The number of benzene rings is 2. The Labute approximate surface area is 129 Å². The Balaban J connectivity index is 2.17. The Hall–Kier alpha value is -3.06. The van der Waals surface area contributed by atoms with Gasteiger partial charge in [0.1, 0.15) is 17.4 Å². The molecule has 1 amide bonds. The highest BCUT2D eigenvalue weighted by atomic mass is 16.5. The highest BCUT2D eigenvalue weighted by molar-refractivity contribution is 6.09. The van der Waals surface area contributed by atoms with Crippen molar-refractivity contribution in [3.05, 3.63) is 65.2 Å². The molecule has 2 aromatic carbocycles. The molecule has 0 bridgehead atoms. The Morgan fingerprint density at radius 1 is 1.23 bits per heavy atom. The van der Waals surface area contributed by atoms with Crippen LogP contribution in [0.3, 0.4) is 0 Å². The number of carbonyl (C=O) groups excluding carboxylic acids is 1. The molecule has 0 aliphatic heterocycles. The van der Waals surface area contributed by atoms with Crippen LogP contribution in [0.4, 0.5) is 5.69 Å². The largest absolute Gasteiger partial charge is 0.497 e. The van der Waals surface area contributed by atoms with Crippen LogP contribution in [0.5, 0.6) is 5.75 Å². The SMILES string of the molecule is COc1ccc(/C=C(/C#N)C(=O)Nc2cccc(C)c2)cc1. The van der Waals surface area contributed by atoms with Gasteiger partial charge in [-0.1, -0.05) is 24.3 Å². The van der Waals surface area contributed by atoms with E-state index in [0.717, 1.165) is 16.9 Å². The number of nitrogens with zero attached hydrogens (tertiary/aromatic N) is 1. The number of hydrogen-bond acceptors (Lipinski definition) is 3. The Kier molecular flexibility index (Phi) is 4.94. The third kappa shape index (κ3) is 3.97. The average molecular weight is 292 g/mol. The van der Waals surface area contributed by atoms with Crippen molar-refractivity contribution in [1.29, 1.82) is 5.26 Å². The smallest absolute Gasteiger partial charge is 0.266 e. The van der Waals surface area contributed by atoms with Crippen LogP contribution in [0.15, 0.2) is 54.1 Å². The van der Waals surface area contributed by atoms with Crippen molar-refractivity contribution in [3.63, 3.8) is 0 Å². The highest BCUT2D eigenvalue weighted by Gasteiger charge is 2.09. The van der Waals surface area contributed by atoms with Gasteiger partial charge in [0.2, 0.25) is 0 Å². The predicted molar refractivity (Wildman–Crippen MR) is 86.4 cm³/mol. The van der Waals surface area contributed by atoms with Crippen molar-refractivity contribution in [1.82, 2.24) is 0 Å². The Morgan fingerprint density at radius 3 is 2.55 bits per heavy atom. The number of anilines is 1. The zero-order valence-corrected chi connectivity index (χ0v) is 12.5. The first-order valence-corrected chi connectivity index (χ1v) is 6.76. The minimum atomic E-state index is -0.427. The number of ether oxygens (including phenoxy) is 1. The lowest BCUT2D eigenvalue weighted by Crippen LogP contribution is -2.13. The lowest BCUT2D eigenvalue weighted by molar-refractivity contribution is -0.112. The van der Waals surface area contributed by atoms with Crippen LogP contribution in [0.1, 0.15) is 11.1 Å². The topological polar surface area (TPSA) is 62.1 Å². The van der Waals surface area contributed by atoms with E-state index in [1.807, 2.05) is 31.2 Å². The van der Waals surface area contributed by atoms with E-state index in [4.69, 9.17) is 4.74 Å². The molecule has 1 N–H and O–H groups in total. The first-order valence-electron chi connectivity index (χ1n) is 6.76. The number of hydrogen-bond donors (Lipinski definition) is 1. The van der Waals surface area contributed by atoms with Crippen LogP contribution in [0.2, 0.25) is 0 Å². The second-order valence-corrected chi connectivity index (χ2v) is 4.77. The van der Waals surface area contributed by atoms with Crippen molar-refractivity contribution >= 4 is 17.7 Å². The van der Waals surface area contributed by atoms with Crippen LogP contribution < -0.4 is 10.1 Å². The molecule has 0 fully saturated rings. The number of nitrogens with one attached hydrogen (secondary N) is 1.